The Labute approximate surface area is 124 Å². The van der Waals surface area contributed by atoms with Gasteiger partial charge in [0.1, 0.15) is 0 Å². The van der Waals surface area contributed by atoms with Crippen molar-refractivity contribution in [3.63, 3.8) is 0 Å². The third-order valence-electron chi connectivity index (χ3n) is 3.45. The molecule has 0 bridgehead atoms. The minimum Gasteiger partial charge on any atom is -0.392 e. The minimum absolute atomic E-state index is 0.0314. The number of hydrogen-bond acceptors (Lipinski definition) is 2. The Bertz CT molecular complexity index is 618. The molecule has 4 heteroatoms. The monoisotopic (exact) mass is 284 g/mol. The summed E-state index contributed by atoms with van der Waals surface area (Å²) in [6.45, 7) is 4.28. The van der Waals surface area contributed by atoms with Gasteiger partial charge in [-0.15, -0.1) is 0 Å². The lowest BCUT2D eigenvalue weighted by Crippen LogP contribution is -2.29. The molecule has 0 aliphatic rings. The van der Waals surface area contributed by atoms with E-state index in [1.165, 1.54) is 0 Å². The highest BCUT2D eigenvalue weighted by molar-refractivity contribution is 5.90. The zero-order valence-electron chi connectivity index (χ0n) is 12.3. The molecule has 0 aliphatic carbocycles. The predicted octanol–water partition coefficient (Wildman–Crippen LogP) is 3.12. The van der Waals surface area contributed by atoms with Crippen LogP contribution in [0.15, 0.2) is 42.5 Å². The molecular weight excluding hydrogens is 264 g/mol. The fourth-order valence-electron chi connectivity index (χ4n) is 2.23. The van der Waals surface area contributed by atoms with Crippen LogP contribution in [0.4, 0.5) is 10.5 Å². The SMILES string of the molecule is Cc1cccc(C)c1NC(=O)NCc1ccccc1CO. The van der Waals surface area contributed by atoms with Gasteiger partial charge in [0.25, 0.3) is 0 Å². The van der Waals surface area contributed by atoms with E-state index in [1.54, 1.807) is 0 Å². The number of nitrogens with one attached hydrogen (secondary N) is 2. The van der Waals surface area contributed by atoms with E-state index >= 15 is 0 Å². The number of rotatable bonds is 4. The molecule has 0 heterocycles. The summed E-state index contributed by atoms with van der Waals surface area (Å²) in [5.41, 5.74) is 4.63. The van der Waals surface area contributed by atoms with Crippen LogP contribution in [0.2, 0.25) is 0 Å². The summed E-state index contributed by atoms with van der Waals surface area (Å²) >= 11 is 0. The highest BCUT2D eigenvalue weighted by Crippen LogP contribution is 2.19. The predicted molar refractivity (Wildman–Crippen MR) is 84.1 cm³/mol. The summed E-state index contributed by atoms with van der Waals surface area (Å²) in [6, 6.07) is 13.1. The van der Waals surface area contributed by atoms with Crippen LogP contribution < -0.4 is 10.6 Å². The lowest BCUT2D eigenvalue weighted by atomic mass is 10.1. The van der Waals surface area contributed by atoms with E-state index in [1.807, 2.05) is 56.3 Å². The third kappa shape index (κ3) is 3.83. The number of aliphatic hydroxyl groups is 1. The number of hydrogen-bond donors (Lipinski definition) is 3. The van der Waals surface area contributed by atoms with E-state index in [0.717, 1.165) is 27.9 Å². The van der Waals surface area contributed by atoms with Gasteiger partial charge >= 0.3 is 6.03 Å². The Hall–Kier alpha value is -2.33. The van der Waals surface area contributed by atoms with Gasteiger partial charge in [-0.1, -0.05) is 42.5 Å². The zero-order valence-corrected chi connectivity index (χ0v) is 12.3. The molecule has 0 atom stereocenters. The molecule has 0 radical (unpaired) electrons. The number of para-hydroxylation sites is 1. The fraction of sp³-hybridized carbons (Fsp3) is 0.235. The average molecular weight is 284 g/mol. The first kappa shape index (κ1) is 15.1. The summed E-state index contributed by atoms with van der Waals surface area (Å²) in [6.07, 6.45) is 0. The maximum atomic E-state index is 12.0. The molecule has 2 amide bonds. The first-order valence-corrected chi connectivity index (χ1v) is 6.90. The van der Waals surface area contributed by atoms with Crippen molar-refractivity contribution < 1.29 is 9.90 Å². The molecule has 0 fully saturated rings. The zero-order chi connectivity index (χ0) is 15.2. The summed E-state index contributed by atoms with van der Waals surface area (Å²) in [4.78, 5) is 12.0. The number of aliphatic hydroxyl groups excluding tert-OH is 1. The lowest BCUT2D eigenvalue weighted by molar-refractivity contribution is 0.251. The molecule has 4 nitrogen and oxygen atoms in total. The topological polar surface area (TPSA) is 61.4 Å². The first-order valence-electron chi connectivity index (χ1n) is 6.90. The van der Waals surface area contributed by atoms with Crippen molar-refractivity contribution in [2.24, 2.45) is 0 Å². The largest absolute Gasteiger partial charge is 0.392 e. The van der Waals surface area contributed by atoms with Crippen LogP contribution in [0, 0.1) is 13.8 Å². The molecule has 2 aromatic carbocycles. The number of carbonyl (C=O) groups is 1. The molecule has 0 spiro atoms. The Morgan fingerprint density at radius 2 is 1.62 bits per heavy atom. The summed E-state index contributed by atoms with van der Waals surface area (Å²) < 4.78 is 0. The molecule has 0 saturated heterocycles. The first-order chi connectivity index (χ1) is 10.1. The molecule has 3 N–H and O–H groups in total. The van der Waals surface area contributed by atoms with E-state index in [-0.39, 0.29) is 12.6 Å². The van der Waals surface area contributed by atoms with Crippen LogP contribution in [0.25, 0.3) is 0 Å². The van der Waals surface area contributed by atoms with Gasteiger partial charge in [0.05, 0.1) is 6.61 Å². The van der Waals surface area contributed by atoms with Crippen LogP contribution in [-0.2, 0) is 13.2 Å². The van der Waals surface area contributed by atoms with Crippen molar-refractivity contribution >= 4 is 11.7 Å². The van der Waals surface area contributed by atoms with Crippen molar-refractivity contribution in [1.82, 2.24) is 5.32 Å². The second kappa shape index (κ2) is 6.90. The fourth-order valence-corrected chi connectivity index (χ4v) is 2.23. The van der Waals surface area contributed by atoms with Crippen LogP contribution in [-0.4, -0.2) is 11.1 Å². The van der Waals surface area contributed by atoms with Gasteiger partial charge < -0.3 is 15.7 Å². The van der Waals surface area contributed by atoms with Gasteiger partial charge in [0.2, 0.25) is 0 Å². The third-order valence-corrected chi connectivity index (χ3v) is 3.45. The van der Waals surface area contributed by atoms with E-state index in [9.17, 15) is 9.90 Å². The number of urea groups is 1. The van der Waals surface area contributed by atoms with Crippen LogP contribution >= 0.6 is 0 Å². The smallest absolute Gasteiger partial charge is 0.319 e. The summed E-state index contributed by atoms with van der Waals surface area (Å²) in [5.74, 6) is 0. The number of aryl methyl sites for hydroxylation is 2. The van der Waals surface area contributed by atoms with E-state index in [2.05, 4.69) is 10.6 Å². The van der Waals surface area contributed by atoms with Crippen molar-refractivity contribution in [1.29, 1.82) is 0 Å². The van der Waals surface area contributed by atoms with Gasteiger partial charge in [-0.05, 0) is 36.1 Å². The van der Waals surface area contributed by atoms with E-state index in [0.29, 0.717) is 6.54 Å². The molecule has 2 rings (SSSR count). The van der Waals surface area contributed by atoms with E-state index in [4.69, 9.17) is 0 Å². The van der Waals surface area contributed by atoms with Crippen LogP contribution in [0.1, 0.15) is 22.3 Å². The highest BCUT2D eigenvalue weighted by Gasteiger charge is 2.07. The van der Waals surface area contributed by atoms with Gasteiger partial charge in [-0.3, -0.25) is 0 Å². The van der Waals surface area contributed by atoms with Crippen molar-refractivity contribution in [3.8, 4) is 0 Å². The second-order valence-electron chi connectivity index (χ2n) is 5.00. The van der Waals surface area contributed by atoms with Gasteiger partial charge in [0, 0.05) is 12.2 Å². The normalized spacial score (nSPS) is 10.2. The van der Waals surface area contributed by atoms with Gasteiger partial charge in [-0.25, -0.2) is 4.79 Å². The van der Waals surface area contributed by atoms with Crippen molar-refractivity contribution in [2.45, 2.75) is 27.0 Å². The second-order valence-corrected chi connectivity index (χ2v) is 5.00. The number of anilines is 1. The van der Waals surface area contributed by atoms with Gasteiger partial charge in [0.15, 0.2) is 0 Å². The van der Waals surface area contributed by atoms with Gasteiger partial charge in [-0.2, -0.15) is 0 Å². The highest BCUT2D eigenvalue weighted by atomic mass is 16.3. The Balaban J connectivity index is 1.99. The molecule has 0 unspecified atom stereocenters. The molecule has 110 valence electrons. The van der Waals surface area contributed by atoms with Crippen molar-refractivity contribution in [3.05, 3.63) is 64.7 Å². The molecule has 0 aromatic heterocycles. The summed E-state index contributed by atoms with van der Waals surface area (Å²) in [5, 5.41) is 15.0. The average Bonchev–Trinajstić information content (AvgIpc) is 2.49. The molecular formula is C17H20N2O2. The lowest BCUT2D eigenvalue weighted by Gasteiger charge is -2.13. The minimum atomic E-state index is -0.250. The maximum Gasteiger partial charge on any atom is 0.319 e. The Morgan fingerprint density at radius 3 is 2.24 bits per heavy atom. The Morgan fingerprint density at radius 1 is 1.00 bits per heavy atom. The molecule has 2 aromatic rings. The molecule has 0 aliphatic heterocycles. The number of amides is 2. The maximum absolute atomic E-state index is 12.0. The molecule has 0 saturated carbocycles. The standard InChI is InChI=1S/C17H20N2O2/c1-12-6-5-7-13(2)16(12)19-17(21)18-10-14-8-3-4-9-15(14)11-20/h3-9,20H,10-11H2,1-2H3,(H2,18,19,21). The molecule has 21 heavy (non-hydrogen) atoms. The van der Waals surface area contributed by atoms with Crippen molar-refractivity contribution in [2.75, 3.05) is 5.32 Å². The van der Waals surface area contributed by atoms with Crippen LogP contribution in [0.3, 0.4) is 0 Å². The quantitative estimate of drug-likeness (QED) is 0.808. The van der Waals surface area contributed by atoms with Crippen LogP contribution in [0.5, 0.6) is 0 Å². The summed E-state index contributed by atoms with van der Waals surface area (Å²) in [7, 11) is 0. The van der Waals surface area contributed by atoms with E-state index < -0.39 is 0 Å². The Kier molecular flexibility index (Phi) is 4.95. The number of benzene rings is 2. The number of carbonyl (C=O) groups excluding carboxylic acids is 1.